The fourth-order valence-corrected chi connectivity index (χ4v) is 2.99. The van der Waals surface area contributed by atoms with Crippen molar-refractivity contribution in [3.63, 3.8) is 0 Å². The van der Waals surface area contributed by atoms with Crippen molar-refractivity contribution in [2.45, 2.75) is 70.1 Å². The molecule has 2 fully saturated rings. The molecule has 0 spiro atoms. The summed E-state index contributed by atoms with van der Waals surface area (Å²) in [4.78, 5) is 0. The van der Waals surface area contributed by atoms with Crippen LogP contribution in [0, 0.1) is 11.8 Å². The van der Waals surface area contributed by atoms with Gasteiger partial charge in [-0.2, -0.15) is 13.2 Å². The maximum absolute atomic E-state index is 12.3. The summed E-state index contributed by atoms with van der Waals surface area (Å²) in [6, 6.07) is -0.101. The highest BCUT2D eigenvalue weighted by Gasteiger charge is 2.38. The summed E-state index contributed by atoms with van der Waals surface area (Å²) in [6.45, 7) is 1.66. The number of rotatable bonds is 5. The molecule has 1 nitrogen and oxygen atoms in total. The Morgan fingerprint density at radius 2 is 1.53 bits per heavy atom. The van der Waals surface area contributed by atoms with Crippen LogP contribution in [0.4, 0.5) is 13.2 Å². The van der Waals surface area contributed by atoms with Crippen LogP contribution in [0.15, 0.2) is 0 Å². The summed E-state index contributed by atoms with van der Waals surface area (Å²) in [5.41, 5.74) is 0. The van der Waals surface area contributed by atoms with Crippen LogP contribution < -0.4 is 5.32 Å². The van der Waals surface area contributed by atoms with Gasteiger partial charge in [-0.3, -0.25) is 0 Å². The highest BCUT2D eigenvalue weighted by Crippen LogP contribution is 2.40. The van der Waals surface area contributed by atoms with Gasteiger partial charge < -0.3 is 5.32 Å². The van der Waals surface area contributed by atoms with Gasteiger partial charge in [0.25, 0.3) is 0 Å². The lowest BCUT2D eigenvalue weighted by atomic mass is 9.68. The fourth-order valence-electron chi connectivity index (χ4n) is 2.99. The van der Waals surface area contributed by atoms with Gasteiger partial charge in [-0.1, -0.05) is 12.8 Å². The van der Waals surface area contributed by atoms with Crippen LogP contribution in [0.25, 0.3) is 0 Å². The van der Waals surface area contributed by atoms with E-state index in [2.05, 4.69) is 5.32 Å². The minimum atomic E-state index is -4.05. The van der Waals surface area contributed by atoms with Crippen LogP contribution in [0.5, 0.6) is 0 Å². The fraction of sp³-hybridized carbons (Fsp3) is 1.00. The molecule has 0 radical (unpaired) electrons. The smallest absolute Gasteiger partial charge is 0.311 e. The lowest BCUT2D eigenvalue weighted by Gasteiger charge is -2.44. The van der Waals surface area contributed by atoms with E-state index in [-0.39, 0.29) is 0 Å². The molecule has 1 N–H and O–H groups in total. The van der Waals surface area contributed by atoms with E-state index in [1.165, 1.54) is 38.5 Å². The first-order valence-corrected chi connectivity index (χ1v) is 6.78. The largest absolute Gasteiger partial charge is 0.390 e. The van der Waals surface area contributed by atoms with Crippen molar-refractivity contribution in [3.8, 4) is 0 Å². The quantitative estimate of drug-likeness (QED) is 0.779. The van der Waals surface area contributed by atoms with Gasteiger partial charge in [0.15, 0.2) is 0 Å². The van der Waals surface area contributed by atoms with E-state index in [1.807, 2.05) is 0 Å². The number of hydrogen-bond donors (Lipinski definition) is 1. The Morgan fingerprint density at radius 3 is 1.82 bits per heavy atom. The molecule has 0 aromatic rings. The molecule has 0 heterocycles. The SMILES string of the molecule is CC(CC(F)(F)F)NC(C1CCC1)C1CCC1. The molecule has 4 heteroatoms. The van der Waals surface area contributed by atoms with Crippen LogP contribution in [0.3, 0.4) is 0 Å². The van der Waals surface area contributed by atoms with E-state index in [0.29, 0.717) is 17.9 Å². The zero-order chi connectivity index (χ0) is 12.5. The summed E-state index contributed by atoms with van der Waals surface area (Å²) in [6.07, 6.45) is 2.56. The first kappa shape index (κ1) is 13.2. The Labute approximate surface area is 101 Å². The highest BCUT2D eigenvalue weighted by atomic mass is 19.4. The molecule has 0 aromatic heterocycles. The van der Waals surface area contributed by atoms with Gasteiger partial charge in [-0.05, 0) is 44.4 Å². The molecule has 0 aromatic carbocycles. The van der Waals surface area contributed by atoms with Crippen molar-refractivity contribution >= 4 is 0 Å². The second kappa shape index (κ2) is 5.17. The van der Waals surface area contributed by atoms with Crippen molar-refractivity contribution < 1.29 is 13.2 Å². The number of alkyl halides is 3. The Hall–Kier alpha value is -0.250. The third-order valence-electron chi connectivity index (χ3n) is 4.33. The minimum Gasteiger partial charge on any atom is -0.311 e. The molecule has 2 aliphatic carbocycles. The predicted molar refractivity (Wildman–Crippen MR) is 61.7 cm³/mol. The Bertz CT molecular complexity index is 230. The average Bonchev–Trinajstić information content (AvgIpc) is 1.91. The molecule has 2 rings (SSSR count). The van der Waals surface area contributed by atoms with E-state index in [9.17, 15) is 13.2 Å². The normalized spacial score (nSPS) is 24.5. The maximum Gasteiger partial charge on any atom is 0.390 e. The lowest BCUT2D eigenvalue weighted by molar-refractivity contribution is -0.140. The van der Waals surface area contributed by atoms with Gasteiger partial charge in [-0.15, -0.1) is 0 Å². The van der Waals surface area contributed by atoms with Crippen molar-refractivity contribution in [2.75, 3.05) is 0 Å². The molecule has 0 aliphatic heterocycles. The van der Waals surface area contributed by atoms with E-state index in [0.717, 1.165) is 0 Å². The first-order valence-electron chi connectivity index (χ1n) is 6.78. The Morgan fingerprint density at radius 1 is 1.06 bits per heavy atom. The minimum absolute atomic E-state index is 0.342. The monoisotopic (exact) mass is 249 g/mol. The van der Waals surface area contributed by atoms with E-state index >= 15 is 0 Å². The molecule has 1 unspecified atom stereocenters. The summed E-state index contributed by atoms with van der Waals surface area (Å²) >= 11 is 0. The predicted octanol–water partition coefficient (Wildman–Crippen LogP) is 3.89. The van der Waals surface area contributed by atoms with Crippen molar-refractivity contribution in [2.24, 2.45) is 11.8 Å². The van der Waals surface area contributed by atoms with Gasteiger partial charge in [0.2, 0.25) is 0 Å². The first-order chi connectivity index (χ1) is 7.96. The van der Waals surface area contributed by atoms with Crippen LogP contribution in [-0.2, 0) is 0 Å². The summed E-state index contributed by atoms with van der Waals surface area (Å²) < 4.78 is 36.9. The second-order valence-corrected chi connectivity index (χ2v) is 5.79. The molecule has 2 saturated carbocycles. The van der Waals surface area contributed by atoms with Gasteiger partial charge in [-0.25, -0.2) is 0 Å². The highest BCUT2D eigenvalue weighted by molar-refractivity contribution is 4.92. The molecule has 0 amide bonds. The van der Waals surface area contributed by atoms with Gasteiger partial charge in [0, 0.05) is 12.1 Å². The van der Waals surface area contributed by atoms with Crippen LogP contribution >= 0.6 is 0 Å². The topological polar surface area (TPSA) is 12.0 Å². The van der Waals surface area contributed by atoms with E-state index < -0.39 is 18.6 Å². The van der Waals surface area contributed by atoms with Crippen molar-refractivity contribution in [1.29, 1.82) is 0 Å². The molecule has 2 aliphatic rings. The second-order valence-electron chi connectivity index (χ2n) is 5.79. The maximum atomic E-state index is 12.3. The molecule has 1 atom stereocenters. The van der Waals surface area contributed by atoms with Gasteiger partial charge >= 0.3 is 6.18 Å². The molecular weight excluding hydrogens is 227 g/mol. The average molecular weight is 249 g/mol. The van der Waals surface area contributed by atoms with Crippen molar-refractivity contribution in [1.82, 2.24) is 5.32 Å². The Kier molecular flexibility index (Phi) is 4.01. The summed E-state index contributed by atoms with van der Waals surface area (Å²) in [7, 11) is 0. The van der Waals surface area contributed by atoms with Crippen LogP contribution in [-0.4, -0.2) is 18.3 Å². The van der Waals surface area contributed by atoms with Gasteiger partial charge in [0.05, 0.1) is 6.42 Å². The molecular formula is C13H22F3N. The third kappa shape index (κ3) is 3.60. The van der Waals surface area contributed by atoms with Crippen LogP contribution in [0.1, 0.15) is 51.9 Å². The summed E-state index contributed by atoms with van der Waals surface area (Å²) in [5.74, 6) is 1.27. The molecule has 17 heavy (non-hydrogen) atoms. The van der Waals surface area contributed by atoms with Crippen LogP contribution in [0.2, 0.25) is 0 Å². The van der Waals surface area contributed by atoms with Crippen molar-refractivity contribution in [3.05, 3.63) is 0 Å². The molecule has 100 valence electrons. The van der Waals surface area contributed by atoms with E-state index in [1.54, 1.807) is 6.92 Å². The number of halogens is 3. The third-order valence-corrected chi connectivity index (χ3v) is 4.33. The van der Waals surface area contributed by atoms with E-state index in [4.69, 9.17) is 0 Å². The zero-order valence-corrected chi connectivity index (χ0v) is 10.4. The number of hydrogen-bond acceptors (Lipinski definition) is 1. The zero-order valence-electron chi connectivity index (χ0n) is 10.4. The standard InChI is InChI=1S/C13H22F3N/c1-9(8-13(14,15)16)17-12(10-4-2-5-10)11-6-3-7-11/h9-12,17H,2-8H2,1H3. The van der Waals surface area contributed by atoms with Gasteiger partial charge in [0.1, 0.15) is 0 Å². The Balaban J connectivity index is 1.83. The number of nitrogens with one attached hydrogen (secondary N) is 1. The molecule has 0 bridgehead atoms. The molecule has 0 saturated heterocycles. The summed E-state index contributed by atoms with van der Waals surface area (Å²) in [5, 5.41) is 3.26. The lowest BCUT2D eigenvalue weighted by Crippen LogP contribution is -2.51.